The number of hydrogen-bond acceptors (Lipinski definition) is 3. The van der Waals surface area contributed by atoms with Crippen LogP contribution in [0.15, 0.2) is 6.33 Å². The van der Waals surface area contributed by atoms with Crippen LogP contribution in [-0.4, -0.2) is 21.3 Å². The molecular formula is C11H20N4. The molecule has 2 heterocycles. The monoisotopic (exact) mass is 208 g/mol. The van der Waals surface area contributed by atoms with Gasteiger partial charge in [-0.05, 0) is 25.8 Å². The second-order valence-corrected chi connectivity index (χ2v) is 4.24. The minimum absolute atomic E-state index is 0.439. The van der Waals surface area contributed by atoms with E-state index in [4.69, 9.17) is 0 Å². The fraction of sp³-hybridized carbons (Fsp3) is 0.818. The zero-order chi connectivity index (χ0) is 10.5. The molecule has 1 aliphatic rings. The maximum absolute atomic E-state index is 4.23. The second-order valence-electron chi connectivity index (χ2n) is 4.24. The topological polar surface area (TPSA) is 42.7 Å². The first-order valence-electron chi connectivity index (χ1n) is 6.03. The van der Waals surface area contributed by atoms with E-state index in [1.54, 1.807) is 0 Å². The summed E-state index contributed by atoms with van der Waals surface area (Å²) >= 11 is 0. The van der Waals surface area contributed by atoms with Gasteiger partial charge in [0, 0.05) is 6.54 Å². The van der Waals surface area contributed by atoms with E-state index in [0.717, 1.165) is 18.9 Å². The van der Waals surface area contributed by atoms with Crippen LogP contribution in [0, 0.1) is 0 Å². The minimum atomic E-state index is 0.439. The lowest BCUT2D eigenvalue weighted by Crippen LogP contribution is -2.18. The Balaban J connectivity index is 1.95. The molecule has 1 aliphatic heterocycles. The van der Waals surface area contributed by atoms with Crippen LogP contribution in [0.25, 0.3) is 0 Å². The van der Waals surface area contributed by atoms with Crippen LogP contribution in [0.3, 0.4) is 0 Å². The van der Waals surface area contributed by atoms with Crippen molar-refractivity contribution in [1.82, 2.24) is 20.1 Å². The number of rotatable bonds is 5. The van der Waals surface area contributed by atoms with Crippen molar-refractivity contribution < 1.29 is 0 Å². The van der Waals surface area contributed by atoms with Gasteiger partial charge in [-0.25, -0.2) is 0 Å². The minimum Gasteiger partial charge on any atom is -0.316 e. The number of nitrogens with zero attached hydrogens (tertiary/aromatic N) is 3. The van der Waals surface area contributed by atoms with Crippen LogP contribution in [-0.2, 0) is 6.54 Å². The zero-order valence-corrected chi connectivity index (χ0v) is 9.45. The molecule has 1 N–H and O–H groups in total. The maximum atomic E-state index is 4.23. The summed E-state index contributed by atoms with van der Waals surface area (Å²) in [5, 5.41) is 11.7. The Labute approximate surface area is 91.1 Å². The van der Waals surface area contributed by atoms with Gasteiger partial charge in [0.25, 0.3) is 0 Å². The Morgan fingerprint density at radius 3 is 3.20 bits per heavy atom. The molecule has 0 saturated carbocycles. The predicted molar refractivity (Wildman–Crippen MR) is 59.5 cm³/mol. The van der Waals surface area contributed by atoms with Gasteiger partial charge in [0.1, 0.15) is 12.2 Å². The van der Waals surface area contributed by atoms with Gasteiger partial charge in [-0.2, -0.15) is 0 Å². The highest BCUT2D eigenvalue weighted by Gasteiger charge is 2.20. The van der Waals surface area contributed by atoms with Crippen LogP contribution >= 0.6 is 0 Å². The van der Waals surface area contributed by atoms with E-state index in [0.29, 0.717) is 6.04 Å². The summed E-state index contributed by atoms with van der Waals surface area (Å²) in [6, 6.07) is 0.439. The molecule has 0 amide bonds. The molecule has 0 spiro atoms. The van der Waals surface area contributed by atoms with Crippen LogP contribution in [0.4, 0.5) is 0 Å². The van der Waals surface area contributed by atoms with E-state index in [2.05, 4.69) is 27.0 Å². The van der Waals surface area contributed by atoms with Gasteiger partial charge in [-0.1, -0.05) is 19.8 Å². The fourth-order valence-corrected chi connectivity index (χ4v) is 2.14. The van der Waals surface area contributed by atoms with Crippen LogP contribution < -0.4 is 5.32 Å². The summed E-state index contributed by atoms with van der Waals surface area (Å²) in [5.41, 5.74) is 0. The molecule has 1 atom stereocenters. The van der Waals surface area contributed by atoms with Gasteiger partial charge in [0.15, 0.2) is 0 Å². The second kappa shape index (κ2) is 5.26. The average molecular weight is 208 g/mol. The van der Waals surface area contributed by atoms with Gasteiger partial charge in [0.05, 0.1) is 6.04 Å². The van der Waals surface area contributed by atoms with Crippen molar-refractivity contribution in [2.45, 2.75) is 51.6 Å². The van der Waals surface area contributed by atoms with Crippen LogP contribution in [0.5, 0.6) is 0 Å². The van der Waals surface area contributed by atoms with Crippen molar-refractivity contribution in [2.75, 3.05) is 6.54 Å². The SMILES string of the molecule is CCCCCn1cnnc1C1CCCN1. The van der Waals surface area contributed by atoms with E-state index in [-0.39, 0.29) is 0 Å². The molecule has 2 rings (SSSR count). The smallest absolute Gasteiger partial charge is 0.149 e. The van der Waals surface area contributed by atoms with E-state index in [1.807, 2.05) is 6.33 Å². The van der Waals surface area contributed by atoms with Gasteiger partial charge < -0.3 is 9.88 Å². The summed E-state index contributed by atoms with van der Waals surface area (Å²) in [4.78, 5) is 0. The van der Waals surface area contributed by atoms with Crippen molar-refractivity contribution in [3.8, 4) is 0 Å². The van der Waals surface area contributed by atoms with Crippen molar-refractivity contribution >= 4 is 0 Å². The van der Waals surface area contributed by atoms with Gasteiger partial charge in [-0.3, -0.25) is 0 Å². The molecule has 0 aromatic carbocycles. The predicted octanol–water partition coefficient (Wildman–Crippen LogP) is 1.89. The Kier molecular flexibility index (Phi) is 3.72. The third-order valence-corrected chi connectivity index (χ3v) is 3.02. The molecular weight excluding hydrogens is 188 g/mol. The third kappa shape index (κ3) is 2.56. The molecule has 0 radical (unpaired) electrons. The number of aromatic nitrogens is 3. The number of nitrogens with one attached hydrogen (secondary N) is 1. The Bertz CT molecular complexity index is 289. The number of aryl methyl sites for hydroxylation is 1. The maximum Gasteiger partial charge on any atom is 0.149 e. The highest BCUT2D eigenvalue weighted by atomic mass is 15.3. The first kappa shape index (κ1) is 10.6. The van der Waals surface area contributed by atoms with Gasteiger partial charge in [-0.15, -0.1) is 10.2 Å². The van der Waals surface area contributed by atoms with E-state index >= 15 is 0 Å². The highest BCUT2D eigenvalue weighted by Crippen LogP contribution is 2.21. The summed E-state index contributed by atoms with van der Waals surface area (Å²) in [5.74, 6) is 1.13. The van der Waals surface area contributed by atoms with Crippen molar-refractivity contribution in [3.05, 3.63) is 12.2 Å². The lowest BCUT2D eigenvalue weighted by atomic mass is 10.2. The molecule has 1 unspecified atom stereocenters. The van der Waals surface area contributed by atoms with Crippen LogP contribution in [0.2, 0.25) is 0 Å². The molecule has 1 aromatic rings. The molecule has 15 heavy (non-hydrogen) atoms. The fourth-order valence-electron chi connectivity index (χ4n) is 2.14. The van der Waals surface area contributed by atoms with Crippen molar-refractivity contribution in [2.24, 2.45) is 0 Å². The zero-order valence-electron chi connectivity index (χ0n) is 9.45. The average Bonchev–Trinajstić information content (AvgIpc) is 2.87. The van der Waals surface area contributed by atoms with E-state index in [1.165, 1.54) is 32.1 Å². The van der Waals surface area contributed by atoms with Crippen molar-refractivity contribution in [3.63, 3.8) is 0 Å². The van der Waals surface area contributed by atoms with E-state index < -0.39 is 0 Å². The van der Waals surface area contributed by atoms with Crippen molar-refractivity contribution in [1.29, 1.82) is 0 Å². The standard InChI is InChI=1S/C11H20N4/c1-2-3-4-8-15-9-13-14-11(15)10-6-5-7-12-10/h9-10,12H,2-8H2,1H3. The summed E-state index contributed by atoms with van der Waals surface area (Å²) < 4.78 is 2.21. The lowest BCUT2D eigenvalue weighted by molar-refractivity contribution is 0.522. The molecule has 0 bridgehead atoms. The molecule has 84 valence electrons. The summed E-state index contributed by atoms with van der Waals surface area (Å²) in [7, 11) is 0. The van der Waals surface area contributed by atoms with Gasteiger partial charge >= 0.3 is 0 Å². The quantitative estimate of drug-likeness (QED) is 0.751. The Hall–Kier alpha value is -0.900. The van der Waals surface area contributed by atoms with Crippen LogP contribution in [0.1, 0.15) is 50.9 Å². The van der Waals surface area contributed by atoms with E-state index in [9.17, 15) is 0 Å². The Morgan fingerprint density at radius 2 is 2.47 bits per heavy atom. The van der Waals surface area contributed by atoms with Gasteiger partial charge in [0.2, 0.25) is 0 Å². The third-order valence-electron chi connectivity index (χ3n) is 3.02. The molecule has 1 aromatic heterocycles. The highest BCUT2D eigenvalue weighted by molar-refractivity contribution is 4.97. The normalized spacial score (nSPS) is 21.0. The molecule has 1 fully saturated rings. The molecule has 1 saturated heterocycles. The first-order chi connectivity index (χ1) is 7.42. The molecule has 0 aliphatic carbocycles. The lowest BCUT2D eigenvalue weighted by Gasteiger charge is -2.11. The first-order valence-corrected chi connectivity index (χ1v) is 6.03. The molecule has 4 nitrogen and oxygen atoms in total. The number of hydrogen-bond donors (Lipinski definition) is 1. The largest absolute Gasteiger partial charge is 0.316 e. The summed E-state index contributed by atoms with van der Waals surface area (Å²) in [6.45, 7) is 4.41. The Morgan fingerprint density at radius 1 is 1.53 bits per heavy atom. The summed E-state index contributed by atoms with van der Waals surface area (Å²) in [6.07, 6.45) is 8.10. The number of unbranched alkanes of at least 4 members (excludes halogenated alkanes) is 2. The molecule has 4 heteroatoms.